The molecule has 0 aliphatic carbocycles. The molecule has 0 saturated heterocycles. The highest BCUT2D eigenvalue weighted by molar-refractivity contribution is 7.91. The van der Waals surface area contributed by atoms with Crippen LogP contribution < -0.4 is 0 Å². The minimum absolute atomic E-state index is 0.0281. The zero-order chi connectivity index (χ0) is 17.2. The average Bonchev–Trinajstić information content (AvgIpc) is 3.23. The summed E-state index contributed by atoms with van der Waals surface area (Å²) in [5, 5.41) is 11.8. The molecular formula is C16H19N5O2S. The number of sulfone groups is 1. The molecule has 0 unspecified atom stereocenters. The second-order valence-corrected chi connectivity index (χ2v) is 7.55. The van der Waals surface area contributed by atoms with Gasteiger partial charge in [-0.1, -0.05) is 18.2 Å². The second-order valence-electron chi connectivity index (χ2n) is 5.54. The minimum Gasteiger partial charge on any atom is -0.273 e. The number of aryl methyl sites for hydroxylation is 3. The van der Waals surface area contributed by atoms with Crippen molar-refractivity contribution >= 4 is 9.84 Å². The lowest BCUT2D eigenvalue weighted by molar-refractivity contribution is 0.582. The molecule has 1 aromatic carbocycles. The van der Waals surface area contributed by atoms with Crippen molar-refractivity contribution in [3.8, 4) is 5.69 Å². The molecular weight excluding hydrogens is 326 g/mol. The Balaban J connectivity index is 1.86. The number of nitrogens with zero attached hydrogens (tertiary/aromatic N) is 5. The van der Waals surface area contributed by atoms with E-state index in [-0.39, 0.29) is 10.9 Å². The smallest absolute Gasteiger partial charge is 0.254 e. The topological polar surface area (TPSA) is 82.7 Å². The Morgan fingerprint density at radius 2 is 2.00 bits per heavy atom. The molecule has 0 radical (unpaired) electrons. The quantitative estimate of drug-likeness (QED) is 0.680. The zero-order valence-electron chi connectivity index (χ0n) is 13.6. The molecule has 24 heavy (non-hydrogen) atoms. The van der Waals surface area contributed by atoms with E-state index < -0.39 is 9.84 Å². The molecule has 0 spiro atoms. The van der Waals surface area contributed by atoms with Crippen molar-refractivity contribution in [2.45, 2.75) is 32.0 Å². The van der Waals surface area contributed by atoms with Crippen molar-refractivity contribution in [1.82, 2.24) is 24.5 Å². The summed E-state index contributed by atoms with van der Waals surface area (Å²) in [4.78, 5) is 0. The summed E-state index contributed by atoms with van der Waals surface area (Å²) in [6, 6.07) is 7.54. The van der Waals surface area contributed by atoms with Gasteiger partial charge in [-0.25, -0.2) is 8.42 Å². The number of hydrogen-bond acceptors (Lipinski definition) is 5. The number of benzene rings is 1. The third-order valence-corrected chi connectivity index (χ3v) is 5.42. The Kier molecular flexibility index (Phi) is 4.48. The standard InChI is InChI=1S/C16H19N5O2S/c1-3-20-11-14(10-18-20)8-9-24(22,23)16-19-17-12-21(16)15-7-5-4-6-13(15)2/h4-7,10-12H,3,8-9H2,1-2H3. The Hall–Kier alpha value is -2.48. The molecule has 0 atom stereocenters. The highest BCUT2D eigenvalue weighted by Gasteiger charge is 2.23. The molecule has 8 heteroatoms. The molecule has 2 heterocycles. The molecule has 0 aliphatic heterocycles. The van der Waals surface area contributed by atoms with Crippen molar-refractivity contribution in [3.63, 3.8) is 0 Å². The number of hydrogen-bond donors (Lipinski definition) is 0. The normalized spacial score (nSPS) is 11.8. The van der Waals surface area contributed by atoms with Crippen LogP contribution in [-0.2, 0) is 22.8 Å². The molecule has 0 bridgehead atoms. The van der Waals surface area contributed by atoms with Crippen molar-refractivity contribution in [2.75, 3.05) is 5.75 Å². The highest BCUT2D eigenvalue weighted by atomic mass is 32.2. The Labute approximate surface area is 140 Å². The van der Waals surface area contributed by atoms with Crippen LogP contribution in [0.2, 0.25) is 0 Å². The minimum atomic E-state index is -3.56. The van der Waals surface area contributed by atoms with E-state index in [0.29, 0.717) is 6.42 Å². The van der Waals surface area contributed by atoms with Crippen LogP contribution in [0.5, 0.6) is 0 Å². The van der Waals surface area contributed by atoms with Gasteiger partial charge in [0.1, 0.15) is 6.33 Å². The van der Waals surface area contributed by atoms with Gasteiger partial charge in [-0.2, -0.15) is 5.10 Å². The maximum absolute atomic E-state index is 12.7. The number of aromatic nitrogens is 5. The van der Waals surface area contributed by atoms with Crippen LogP contribution in [0.15, 0.2) is 48.1 Å². The van der Waals surface area contributed by atoms with E-state index in [4.69, 9.17) is 0 Å². The summed E-state index contributed by atoms with van der Waals surface area (Å²) in [6.45, 7) is 4.66. The first-order valence-corrected chi connectivity index (χ1v) is 9.36. The van der Waals surface area contributed by atoms with Gasteiger partial charge in [-0.3, -0.25) is 9.25 Å². The van der Waals surface area contributed by atoms with Gasteiger partial charge in [0.2, 0.25) is 9.84 Å². The van der Waals surface area contributed by atoms with E-state index in [1.54, 1.807) is 10.9 Å². The molecule has 3 rings (SSSR count). The van der Waals surface area contributed by atoms with Crippen molar-refractivity contribution in [2.24, 2.45) is 0 Å². The van der Waals surface area contributed by atoms with Gasteiger partial charge in [-0.05, 0) is 37.5 Å². The molecule has 0 N–H and O–H groups in total. The van der Waals surface area contributed by atoms with Gasteiger partial charge >= 0.3 is 0 Å². The second kappa shape index (κ2) is 6.56. The van der Waals surface area contributed by atoms with E-state index in [1.165, 1.54) is 10.9 Å². The molecule has 126 valence electrons. The summed E-state index contributed by atoms with van der Waals surface area (Å²) < 4.78 is 28.7. The summed E-state index contributed by atoms with van der Waals surface area (Å²) >= 11 is 0. The lowest BCUT2D eigenvalue weighted by atomic mass is 10.2. The fourth-order valence-corrected chi connectivity index (χ4v) is 3.79. The molecule has 0 saturated carbocycles. The van der Waals surface area contributed by atoms with Gasteiger partial charge in [0, 0.05) is 12.7 Å². The van der Waals surface area contributed by atoms with Crippen molar-refractivity contribution < 1.29 is 8.42 Å². The average molecular weight is 345 g/mol. The van der Waals surface area contributed by atoms with Gasteiger partial charge in [0.15, 0.2) is 0 Å². The first-order valence-electron chi connectivity index (χ1n) is 7.71. The van der Waals surface area contributed by atoms with Crippen molar-refractivity contribution in [3.05, 3.63) is 54.1 Å². The molecule has 7 nitrogen and oxygen atoms in total. The summed E-state index contributed by atoms with van der Waals surface area (Å²) in [7, 11) is -3.56. The maximum atomic E-state index is 12.7. The van der Waals surface area contributed by atoms with Crippen LogP contribution in [0.3, 0.4) is 0 Å². The molecule has 0 aliphatic rings. The van der Waals surface area contributed by atoms with Crippen LogP contribution in [0.25, 0.3) is 5.69 Å². The number of rotatable bonds is 6. The SMILES string of the molecule is CCn1cc(CCS(=O)(=O)c2nncn2-c2ccccc2C)cn1. The summed E-state index contributed by atoms with van der Waals surface area (Å²) in [6.07, 6.45) is 5.39. The van der Waals surface area contributed by atoms with Crippen LogP contribution in [0.1, 0.15) is 18.1 Å². The first-order chi connectivity index (χ1) is 11.5. The molecule has 0 fully saturated rings. The number of para-hydroxylation sites is 1. The fourth-order valence-electron chi connectivity index (χ4n) is 2.49. The highest BCUT2D eigenvalue weighted by Crippen LogP contribution is 2.18. The van der Waals surface area contributed by atoms with E-state index in [1.807, 2.05) is 44.3 Å². The third kappa shape index (κ3) is 3.23. The summed E-state index contributed by atoms with van der Waals surface area (Å²) in [5.41, 5.74) is 2.61. The van der Waals surface area contributed by atoms with Gasteiger partial charge in [-0.15, -0.1) is 10.2 Å². The maximum Gasteiger partial charge on any atom is 0.254 e. The van der Waals surface area contributed by atoms with E-state index >= 15 is 0 Å². The van der Waals surface area contributed by atoms with Crippen LogP contribution in [0.4, 0.5) is 0 Å². The fraction of sp³-hybridized carbons (Fsp3) is 0.312. The van der Waals surface area contributed by atoms with Crippen LogP contribution in [0, 0.1) is 6.92 Å². The van der Waals surface area contributed by atoms with Gasteiger partial charge < -0.3 is 0 Å². The molecule has 2 aromatic heterocycles. The summed E-state index contributed by atoms with van der Waals surface area (Å²) in [5.74, 6) is -0.0347. The predicted octanol–water partition coefficient (Wildman–Crippen LogP) is 1.81. The largest absolute Gasteiger partial charge is 0.273 e. The van der Waals surface area contributed by atoms with Crippen LogP contribution in [-0.4, -0.2) is 38.7 Å². The Morgan fingerprint density at radius 1 is 1.21 bits per heavy atom. The van der Waals surface area contributed by atoms with E-state index in [9.17, 15) is 8.42 Å². The zero-order valence-corrected chi connectivity index (χ0v) is 14.4. The third-order valence-electron chi connectivity index (χ3n) is 3.84. The van der Waals surface area contributed by atoms with E-state index in [0.717, 1.165) is 23.4 Å². The molecule has 0 amide bonds. The first kappa shape index (κ1) is 16.4. The monoisotopic (exact) mass is 345 g/mol. The van der Waals surface area contributed by atoms with Crippen molar-refractivity contribution in [1.29, 1.82) is 0 Å². The Morgan fingerprint density at radius 3 is 2.71 bits per heavy atom. The Bertz CT molecular complexity index is 943. The lowest BCUT2D eigenvalue weighted by Gasteiger charge is -2.09. The predicted molar refractivity (Wildman–Crippen MR) is 89.8 cm³/mol. The van der Waals surface area contributed by atoms with Crippen LogP contribution >= 0.6 is 0 Å². The van der Waals surface area contributed by atoms with Gasteiger partial charge in [0.05, 0.1) is 17.6 Å². The molecule has 3 aromatic rings. The lowest BCUT2D eigenvalue weighted by Crippen LogP contribution is -2.15. The van der Waals surface area contributed by atoms with E-state index in [2.05, 4.69) is 15.3 Å². The van der Waals surface area contributed by atoms with Gasteiger partial charge in [0.25, 0.3) is 5.16 Å².